The smallest absolute Gasteiger partial charge is 0.217 e. The predicted molar refractivity (Wildman–Crippen MR) is 70.2 cm³/mol. The van der Waals surface area contributed by atoms with Crippen molar-refractivity contribution in [3.05, 3.63) is 18.0 Å². The monoisotopic (exact) mass is 250 g/mol. The summed E-state index contributed by atoms with van der Waals surface area (Å²) in [4.78, 5) is 13.5. The molecular weight excluding hydrogens is 228 g/mol. The first kappa shape index (κ1) is 13.1. The Morgan fingerprint density at radius 1 is 1.56 bits per heavy atom. The highest BCUT2D eigenvalue weighted by molar-refractivity contribution is 5.73. The number of rotatable bonds is 4. The van der Waals surface area contributed by atoms with Crippen LogP contribution in [0.25, 0.3) is 0 Å². The molecule has 0 spiro atoms. The van der Waals surface area contributed by atoms with Gasteiger partial charge in [-0.2, -0.15) is 5.10 Å². The Morgan fingerprint density at radius 3 is 3.06 bits per heavy atom. The summed E-state index contributed by atoms with van der Waals surface area (Å²) in [6.07, 6.45) is 6.20. The van der Waals surface area contributed by atoms with Gasteiger partial charge in [-0.05, 0) is 31.9 Å². The highest BCUT2D eigenvalue weighted by atomic mass is 16.1. The molecule has 0 aromatic carbocycles. The van der Waals surface area contributed by atoms with Crippen LogP contribution in [0.5, 0.6) is 0 Å². The zero-order valence-corrected chi connectivity index (χ0v) is 11.2. The molecule has 1 fully saturated rings. The number of carbonyl (C=O) groups excluding carboxylic acids is 1. The lowest BCUT2D eigenvalue weighted by molar-refractivity contribution is -0.120. The van der Waals surface area contributed by atoms with Crippen LogP contribution in [0.1, 0.15) is 25.3 Å². The van der Waals surface area contributed by atoms with Gasteiger partial charge >= 0.3 is 0 Å². The lowest BCUT2D eigenvalue weighted by Gasteiger charge is -2.32. The van der Waals surface area contributed by atoms with Gasteiger partial charge in [-0.3, -0.25) is 14.4 Å². The molecule has 0 bridgehead atoms. The maximum absolute atomic E-state index is 11.1. The minimum atomic E-state index is 0.0737. The number of aryl methyl sites for hydroxylation is 1. The van der Waals surface area contributed by atoms with E-state index in [0.29, 0.717) is 6.04 Å². The maximum Gasteiger partial charge on any atom is 0.217 e. The standard InChI is InChI=1S/C13H22N4O/c1-11-8-14-17(9-11)7-6-16-5-3-4-13(10-16)15-12(2)18/h8-9,13H,3-7,10H2,1-2H3,(H,15,18). The average molecular weight is 250 g/mol. The van der Waals surface area contributed by atoms with Crippen LogP contribution in [0.2, 0.25) is 0 Å². The molecule has 0 radical (unpaired) electrons. The Morgan fingerprint density at radius 2 is 2.39 bits per heavy atom. The number of nitrogens with zero attached hydrogens (tertiary/aromatic N) is 3. The summed E-state index contributed by atoms with van der Waals surface area (Å²) in [6, 6.07) is 0.315. The van der Waals surface area contributed by atoms with Crippen molar-refractivity contribution in [1.29, 1.82) is 0 Å². The van der Waals surface area contributed by atoms with Gasteiger partial charge in [0.05, 0.1) is 12.7 Å². The van der Waals surface area contributed by atoms with E-state index >= 15 is 0 Å². The summed E-state index contributed by atoms with van der Waals surface area (Å²) in [5, 5.41) is 7.30. The topological polar surface area (TPSA) is 50.2 Å². The first-order valence-electron chi connectivity index (χ1n) is 6.62. The van der Waals surface area contributed by atoms with Gasteiger partial charge in [-0.15, -0.1) is 0 Å². The molecule has 1 aromatic heterocycles. The largest absolute Gasteiger partial charge is 0.352 e. The molecular formula is C13H22N4O. The number of hydrogen-bond acceptors (Lipinski definition) is 3. The number of hydrogen-bond donors (Lipinski definition) is 1. The molecule has 1 aromatic rings. The number of carbonyl (C=O) groups is 1. The minimum absolute atomic E-state index is 0.0737. The third-order valence-electron chi connectivity index (χ3n) is 3.32. The molecule has 1 amide bonds. The van der Waals surface area contributed by atoms with Gasteiger partial charge in [-0.25, -0.2) is 0 Å². The number of aromatic nitrogens is 2. The van der Waals surface area contributed by atoms with Crippen LogP contribution in [0.3, 0.4) is 0 Å². The fourth-order valence-electron chi connectivity index (χ4n) is 2.50. The number of nitrogens with one attached hydrogen (secondary N) is 1. The molecule has 1 atom stereocenters. The fourth-order valence-corrected chi connectivity index (χ4v) is 2.50. The van der Waals surface area contributed by atoms with Gasteiger partial charge < -0.3 is 5.32 Å². The Kier molecular flexibility index (Phi) is 4.36. The SMILES string of the molecule is CC(=O)NC1CCCN(CCn2cc(C)cn2)C1. The van der Waals surface area contributed by atoms with Crippen molar-refractivity contribution in [2.45, 2.75) is 39.3 Å². The highest BCUT2D eigenvalue weighted by Crippen LogP contribution is 2.10. The molecule has 1 aliphatic rings. The van der Waals surface area contributed by atoms with Gasteiger partial charge in [0, 0.05) is 32.3 Å². The third-order valence-corrected chi connectivity index (χ3v) is 3.32. The second kappa shape index (κ2) is 6.00. The first-order valence-corrected chi connectivity index (χ1v) is 6.62. The number of likely N-dealkylation sites (tertiary alicyclic amines) is 1. The number of piperidine rings is 1. The summed E-state index contributed by atoms with van der Waals surface area (Å²) in [5.41, 5.74) is 1.20. The van der Waals surface area contributed by atoms with Crippen molar-refractivity contribution < 1.29 is 4.79 Å². The first-order chi connectivity index (χ1) is 8.63. The Bertz CT molecular complexity index is 401. The molecule has 5 heteroatoms. The van der Waals surface area contributed by atoms with Gasteiger partial charge in [0.2, 0.25) is 5.91 Å². The maximum atomic E-state index is 11.1. The van der Waals surface area contributed by atoms with E-state index in [9.17, 15) is 4.79 Å². The second-order valence-corrected chi connectivity index (χ2v) is 5.12. The van der Waals surface area contributed by atoms with Crippen LogP contribution in [0, 0.1) is 6.92 Å². The van der Waals surface area contributed by atoms with Gasteiger partial charge in [0.1, 0.15) is 0 Å². The van der Waals surface area contributed by atoms with E-state index in [-0.39, 0.29) is 5.91 Å². The molecule has 0 aliphatic carbocycles. The van der Waals surface area contributed by atoms with Gasteiger partial charge in [-0.1, -0.05) is 0 Å². The van der Waals surface area contributed by atoms with E-state index in [0.717, 1.165) is 39.0 Å². The fraction of sp³-hybridized carbons (Fsp3) is 0.692. The molecule has 1 unspecified atom stereocenters. The van der Waals surface area contributed by atoms with Gasteiger partial charge in [0.25, 0.3) is 0 Å². The Balaban J connectivity index is 1.77. The van der Waals surface area contributed by atoms with Crippen LogP contribution in [0.15, 0.2) is 12.4 Å². The molecule has 100 valence electrons. The van der Waals surface area contributed by atoms with Gasteiger partial charge in [0.15, 0.2) is 0 Å². The quantitative estimate of drug-likeness (QED) is 0.859. The summed E-state index contributed by atoms with van der Waals surface area (Å²) in [6.45, 7) is 7.64. The molecule has 1 saturated heterocycles. The lowest BCUT2D eigenvalue weighted by Crippen LogP contribution is -2.47. The zero-order valence-electron chi connectivity index (χ0n) is 11.2. The zero-order chi connectivity index (χ0) is 13.0. The lowest BCUT2D eigenvalue weighted by atomic mass is 10.1. The van der Waals surface area contributed by atoms with Crippen LogP contribution >= 0.6 is 0 Å². The van der Waals surface area contributed by atoms with Crippen LogP contribution in [-0.2, 0) is 11.3 Å². The van der Waals surface area contributed by atoms with E-state index < -0.39 is 0 Å². The minimum Gasteiger partial charge on any atom is -0.352 e. The predicted octanol–water partition coefficient (Wildman–Crippen LogP) is 0.792. The van der Waals surface area contributed by atoms with Crippen LogP contribution in [0.4, 0.5) is 0 Å². The van der Waals surface area contributed by atoms with E-state index in [4.69, 9.17) is 0 Å². The van der Waals surface area contributed by atoms with E-state index in [1.165, 1.54) is 5.56 Å². The Labute approximate surface area is 108 Å². The molecule has 18 heavy (non-hydrogen) atoms. The van der Waals surface area contributed by atoms with Crippen molar-refractivity contribution in [2.75, 3.05) is 19.6 Å². The second-order valence-electron chi connectivity index (χ2n) is 5.12. The molecule has 2 heterocycles. The van der Waals surface area contributed by atoms with Crippen LogP contribution in [-0.4, -0.2) is 46.3 Å². The Hall–Kier alpha value is -1.36. The normalized spacial score (nSPS) is 20.9. The molecule has 0 saturated carbocycles. The third kappa shape index (κ3) is 3.84. The number of amides is 1. The van der Waals surface area contributed by atoms with Crippen molar-refractivity contribution in [3.63, 3.8) is 0 Å². The van der Waals surface area contributed by atoms with E-state index in [1.54, 1.807) is 6.92 Å². The van der Waals surface area contributed by atoms with Crippen molar-refractivity contribution in [1.82, 2.24) is 20.0 Å². The molecule has 2 rings (SSSR count). The highest BCUT2D eigenvalue weighted by Gasteiger charge is 2.19. The van der Waals surface area contributed by atoms with Crippen molar-refractivity contribution in [2.24, 2.45) is 0 Å². The van der Waals surface area contributed by atoms with E-state index in [1.807, 2.05) is 10.9 Å². The molecule has 1 aliphatic heterocycles. The summed E-state index contributed by atoms with van der Waals surface area (Å²) >= 11 is 0. The average Bonchev–Trinajstić information content (AvgIpc) is 2.72. The summed E-state index contributed by atoms with van der Waals surface area (Å²) in [5.74, 6) is 0.0737. The summed E-state index contributed by atoms with van der Waals surface area (Å²) < 4.78 is 1.98. The van der Waals surface area contributed by atoms with Crippen LogP contribution < -0.4 is 5.32 Å². The molecule has 1 N–H and O–H groups in total. The summed E-state index contributed by atoms with van der Waals surface area (Å²) in [7, 11) is 0. The molecule has 5 nitrogen and oxygen atoms in total. The van der Waals surface area contributed by atoms with Crippen molar-refractivity contribution >= 4 is 5.91 Å². The van der Waals surface area contributed by atoms with E-state index in [2.05, 4.69) is 28.4 Å². The van der Waals surface area contributed by atoms with Crippen molar-refractivity contribution in [3.8, 4) is 0 Å².